The van der Waals surface area contributed by atoms with Gasteiger partial charge in [-0.15, -0.1) is 0 Å². The molecule has 6 nitrogen and oxygen atoms in total. The van der Waals surface area contributed by atoms with E-state index in [1.807, 2.05) is 55.1 Å². The van der Waals surface area contributed by atoms with Crippen molar-refractivity contribution in [3.05, 3.63) is 74.1 Å². The van der Waals surface area contributed by atoms with Crippen molar-refractivity contribution in [3.63, 3.8) is 0 Å². The summed E-state index contributed by atoms with van der Waals surface area (Å²) in [4.78, 5) is 28.1. The third-order valence-corrected chi connectivity index (χ3v) is 8.62. The van der Waals surface area contributed by atoms with E-state index in [-0.39, 0.29) is 23.5 Å². The largest absolute Gasteiger partial charge is 0.480 e. The van der Waals surface area contributed by atoms with Crippen molar-refractivity contribution in [1.82, 2.24) is 4.90 Å². The third-order valence-electron chi connectivity index (χ3n) is 8.37. The zero-order valence-corrected chi connectivity index (χ0v) is 22.6. The summed E-state index contributed by atoms with van der Waals surface area (Å²) >= 11 is 6.17. The molecule has 1 aliphatic heterocycles. The Hall–Kier alpha value is -2.83. The zero-order valence-electron chi connectivity index (χ0n) is 21.8. The Balaban J connectivity index is 1.50. The highest BCUT2D eigenvalue weighted by Crippen LogP contribution is 2.49. The predicted octanol–water partition coefficient (Wildman–Crippen LogP) is 6.03. The molecular weight excluding hydrogens is 490 g/mol. The summed E-state index contributed by atoms with van der Waals surface area (Å²) in [5.74, 6) is 0.342. The lowest BCUT2D eigenvalue weighted by Gasteiger charge is -2.53. The highest BCUT2D eigenvalue weighted by Gasteiger charge is 2.50. The SMILES string of the molecule is Cc1cc(O[C@H](C)C(=O)N2CC[C@@]3(O)CCCC[C@H]3[C@H]2c2ccc(Cl)cc2)c2c(C)c(C)c(=O)oc2c1. The fraction of sp³-hybridized carbons (Fsp3) is 0.467. The summed E-state index contributed by atoms with van der Waals surface area (Å²) in [5, 5.41) is 12.9. The number of benzene rings is 2. The summed E-state index contributed by atoms with van der Waals surface area (Å²) in [7, 11) is 0. The quantitative estimate of drug-likeness (QED) is 0.422. The minimum atomic E-state index is -0.777. The van der Waals surface area contributed by atoms with E-state index in [1.165, 1.54) is 0 Å². The van der Waals surface area contributed by atoms with Crippen molar-refractivity contribution in [2.75, 3.05) is 6.54 Å². The maximum atomic E-state index is 14.0. The molecule has 0 spiro atoms. The van der Waals surface area contributed by atoms with E-state index in [1.54, 1.807) is 13.8 Å². The highest BCUT2D eigenvalue weighted by atomic mass is 35.5. The topological polar surface area (TPSA) is 80.0 Å². The number of hydrogen-bond donors (Lipinski definition) is 1. The van der Waals surface area contributed by atoms with Crippen LogP contribution < -0.4 is 10.4 Å². The van der Waals surface area contributed by atoms with Gasteiger partial charge in [-0.1, -0.05) is 36.6 Å². The van der Waals surface area contributed by atoms with Gasteiger partial charge in [-0.05, 0) is 87.9 Å². The number of aliphatic hydroxyl groups is 1. The molecule has 3 aromatic rings. The van der Waals surface area contributed by atoms with Crippen LogP contribution in [0.2, 0.25) is 5.02 Å². The lowest BCUT2D eigenvalue weighted by molar-refractivity contribution is -0.161. The van der Waals surface area contributed by atoms with E-state index < -0.39 is 11.7 Å². The molecule has 5 rings (SSSR count). The Morgan fingerprint density at radius 1 is 1.14 bits per heavy atom. The first kappa shape index (κ1) is 25.8. The molecule has 1 N–H and O–H groups in total. The third kappa shape index (κ3) is 4.66. The Bertz CT molecular complexity index is 1400. The number of ether oxygens (including phenoxy) is 1. The van der Waals surface area contributed by atoms with Gasteiger partial charge in [-0.3, -0.25) is 4.79 Å². The van der Waals surface area contributed by atoms with Crippen LogP contribution in [0, 0.1) is 26.7 Å². The number of amides is 1. The number of likely N-dealkylation sites (tertiary alicyclic amines) is 1. The van der Waals surface area contributed by atoms with E-state index in [9.17, 15) is 14.7 Å². The summed E-state index contributed by atoms with van der Waals surface area (Å²) in [6, 6.07) is 11.0. The Morgan fingerprint density at radius 2 is 1.86 bits per heavy atom. The van der Waals surface area contributed by atoms with Gasteiger partial charge < -0.3 is 19.2 Å². The van der Waals surface area contributed by atoms with Crippen LogP contribution in [0.5, 0.6) is 5.75 Å². The van der Waals surface area contributed by atoms with Gasteiger partial charge in [0.1, 0.15) is 11.3 Å². The van der Waals surface area contributed by atoms with Gasteiger partial charge in [0.05, 0.1) is 17.0 Å². The molecule has 37 heavy (non-hydrogen) atoms. The van der Waals surface area contributed by atoms with Crippen molar-refractivity contribution in [1.29, 1.82) is 0 Å². The second-order valence-electron chi connectivity index (χ2n) is 10.8. The summed E-state index contributed by atoms with van der Waals surface area (Å²) in [5.41, 5.74) is 2.46. The van der Waals surface area contributed by atoms with Gasteiger partial charge in [0.2, 0.25) is 0 Å². The first-order chi connectivity index (χ1) is 17.6. The average molecular weight is 524 g/mol. The van der Waals surface area contributed by atoms with Crippen molar-refractivity contribution < 1.29 is 19.1 Å². The molecule has 2 aliphatic rings. The molecule has 0 unspecified atom stereocenters. The number of carbonyl (C=O) groups is 1. The van der Waals surface area contributed by atoms with Gasteiger partial charge in [0.15, 0.2) is 6.10 Å². The number of carbonyl (C=O) groups excluding carboxylic acids is 1. The van der Waals surface area contributed by atoms with E-state index in [0.29, 0.717) is 40.3 Å². The van der Waals surface area contributed by atoms with Crippen molar-refractivity contribution in [3.8, 4) is 5.75 Å². The lowest BCUT2D eigenvalue weighted by atomic mass is 9.66. The fourth-order valence-corrected chi connectivity index (χ4v) is 6.38. The molecule has 196 valence electrons. The van der Waals surface area contributed by atoms with Crippen LogP contribution in [0.25, 0.3) is 11.0 Å². The summed E-state index contributed by atoms with van der Waals surface area (Å²) in [6.07, 6.45) is 3.43. The minimum absolute atomic E-state index is 0.0497. The smallest absolute Gasteiger partial charge is 0.339 e. The molecule has 1 aromatic heterocycles. The predicted molar refractivity (Wildman–Crippen MR) is 144 cm³/mol. The normalized spacial score (nSPS) is 24.5. The summed E-state index contributed by atoms with van der Waals surface area (Å²) in [6.45, 7) is 7.72. The maximum Gasteiger partial charge on any atom is 0.339 e. The number of nitrogens with zero attached hydrogens (tertiary/aromatic N) is 1. The first-order valence-corrected chi connectivity index (χ1v) is 13.5. The summed E-state index contributed by atoms with van der Waals surface area (Å²) < 4.78 is 11.9. The number of halogens is 1. The number of aryl methyl sites for hydroxylation is 2. The van der Waals surface area contributed by atoms with Crippen LogP contribution >= 0.6 is 11.6 Å². The van der Waals surface area contributed by atoms with Crippen LogP contribution in [0.15, 0.2) is 45.6 Å². The van der Waals surface area contributed by atoms with E-state index in [4.69, 9.17) is 20.8 Å². The number of rotatable bonds is 4. The van der Waals surface area contributed by atoms with Crippen molar-refractivity contribution >= 4 is 28.5 Å². The zero-order chi connectivity index (χ0) is 26.5. The molecule has 1 saturated heterocycles. The minimum Gasteiger partial charge on any atom is -0.480 e. The van der Waals surface area contributed by atoms with Crippen LogP contribution in [-0.4, -0.2) is 34.2 Å². The molecule has 4 atom stereocenters. The monoisotopic (exact) mass is 523 g/mol. The van der Waals surface area contributed by atoms with E-state index in [2.05, 4.69) is 0 Å². The van der Waals surface area contributed by atoms with Crippen molar-refractivity contribution in [2.24, 2.45) is 5.92 Å². The number of fused-ring (bicyclic) bond motifs is 2. The molecule has 2 heterocycles. The number of hydrogen-bond acceptors (Lipinski definition) is 5. The van der Waals surface area contributed by atoms with Crippen LogP contribution in [0.4, 0.5) is 0 Å². The Morgan fingerprint density at radius 3 is 2.59 bits per heavy atom. The molecule has 1 amide bonds. The Labute approximate surface area is 222 Å². The lowest BCUT2D eigenvalue weighted by Crippen LogP contribution is -2.58. The van der Waals surface area contributed by atoms with Crippen LogP contribution in [0.3, 0.4) is 0 Å². The second kappa shape index (κ2) is 9.80. The number of piperidine rings is 1. The van der Waals surface area contributed by atoms with Gasteiger partial charge in [-0.25, -0.2) is 4.79 Å². The van der Waals surface area contributed by atoms with Crippen LogP contribution in [-0.2, 0) is 4.79 Å². The van der Waals surface area contributed by atoms with Gasteiger partial charge in [0, 0.05) is 23.0 Å². The second-order valence-corrected chi connectivity index (χ2v) is 11.2. The molecule has 2 fully saturated rings. The molecular formula is C30H34ClNO5. The molecule has 1 saturated carbocycles. The first-order valence-electron chi connectivity index (χ1n) is 13.1. The van der Waals surface area contributed by atoms with Crippen molar-refractivity contribution in [2.45, 2.75) is 77.5 Å². The van der Waals surface area contributed by atoms with E-state index >= 15 is 0 Å². The Kier molecular flexibility index (Phi) is 6.84. The standard InChI is InChI=1S/C30H34ClNO5/c1-17-15-24(26-18(2)19(3)29(34)37-25(26)16-17)36-20(4)28(33)32-14-13-30(35)12-6-5-7-23(30)27(32)21-8-10-22(31)11-9-21/h8-11,15-16,20,23,27,35H,5-7,12-14H2,1-4H3/t20-,23+,27-,30+/m1/s1. The molecule has 2 aromatic carbocycles. The van der Waals surface area contributed by atoms with Crippen LogP contribution in [0.1, 0.15) is 67.3 Å². The molecule has 0 radical (unpaired) electrons. The average Bonchev–Trinajstić information content (AvgIpc) is 2.86. The van der Waals surface area contributed by atoms with E-state index in [0.717, 1.165) is 42.4 Å². The highest BCUT2D eigenvalue weighted by molar-refractivity contribution is 6.30. The fourth-order valence-electron chi connectivity index (χ4n) is 6.26. The molecule has 1 aliphatic carbocycles. The van der Waals surface area contributed by atoms with Gasteiger partial charge in [0.25, 0.3) is 5.91 Å². The molecule has 7 heteroatoms. The maximum absolute atomic E-state index is 14.0. The van der Waals surface area contributed by atoms with Gasteiger partial charge in [-0.2, -0.15) is 0 Å². The molecule has 0 bridgehead atoms. The van der Waals surface area contributed by atoms with Gasteiger partial charge >= 0.3 is 5.63 Å².